The minimum atomic E-state index is -0.988. The third-order valence-corrected chi connectivity index (χ3v) is 6.10. The zero-order valence-corrected chi connectivity index (χ0v) is 21.0. The number of ether oxygens (including phenoxy) is 2. The number of aromatic nitrogens is 2. The Balaban J connectivity index is 1.51. The number of alkyl halides is 1. The predicted octanol–water partition coefficient (Wildman–Crippen LogP) is 4.86. The topological polar surface area (TPSA) is 106 Å². The summed E-state index contributed by atoms with van der Waals surface area (Å²) in [4.78, 5) is 25.2. The van der Waals surface area contributed by atoms with E-state index in [0.29, 0.717) is 17.9 Å². The number of nitrogens with zero attached hydrogens (tertiary/aromatic N) is 4. The lowest BCUT2D eigenvalue weighted by Gasteiger charge is -2.29. The quantitative estimate of drug-likeness (QED) is 0.427. The first-order valence-corrected chi connectivity index (χ1v) is 11.9. The normalized spacial score (nSPS) is 15.2. The smallest absolute Gasteiger partial charge is 0.276 e. The molecule has 2 amide bonds. The highest BCUT2D eigenvalue weighted by Gasteiger charge is 2.30. The predicted molar refractivity (Wildman–Crippen MR) is 137 cm³/mol. The van der Waals surface area contributed by atoms with Gasteiger partial charge in [0.15, 0.2) is 22.3 Å². The lowest BCUT2D eigenvalue weighted by molar-refractivity contribution is -0.133. The molecule has 0 saturated carbocycles. The van der Waals surface area contributed by atoms with Gasteiger partial charge in [0.2, 0.25) is 12.8 Å². The first-order chi connectivity index (χ1) is 17.9. The Morgan fingerprint density at radius 3 is 2.57 bits per heavy atom. The van der Waals surface area contributed by atoms with E-state index in [1.54, 1.807) is 36.4 Å². The van der Waals surface area contributed by atoms with Crippen molar-refractivity contribution in [2.45, 2.75) is 26.3 Å². The fraction of sp³-hybridized carbons (Fsp3) is 0.269. The molecule has 37 heavy (non-hydrogen) atoms. The molecule has 2 aromatic carbocycles. The van der Waals surface area contributed by atoms with Gasteiger partial charge in [-0.05, 0) is 54.4 Å². The van der Waals surface area contributed by atoms with Crippen molar-refractivity contribution in [2.75, 3.05) is 19.3 Å². The first-order valence-electron chi connectivity index (χ1n) is 11.6. The largest absolute Gasteiger partial charge is 0.493 e. The summed E-state index contributed by atoms with van der Waals surface area (Å²) >= 11 is 5.71. The molecule has 0 radical (unpaired) electrons. The van der Waals surface area contributed by atoms with Crippen LogP contribution in [0.25, 0.3) is 0 Å². The SMILES string of the molecule is CCC1CC(=O)N(Cc2ccc(NC(=O)c3ccc(Cl)nn3)cc2)N=C1c1ccc(OC)c(OCF)c1. The fourth-order valence-electron chi connectivity index (χ4n) is 3.94. The number of carbonyl (C=O) groups is 2. The van der Waals surface area contributed by atoms with Gasteiger partial charge in [0.05, 0.1) is 19.4 Å². The van der Waals surface area contributed by atoms with Gasteiger partial charge in [0.25, 0.3) is 5.91 Å². The van der Waals surface area contributed by atoms with Gasteiger partial charge >= 0.3 is 0 Å². The van der Waals surface area contributed by atoms with Crippen molar-refractivity contribution in [3.63, 3.8) is 0 Å². The highest BCUT2D eigenvalue weighted by Crippen LogP contribution is 2.32. The van der Waals surface area contributed by atoms with Crippen molar-refractivity contribution in [1.29, 1.82) is 0 Å². The second-order valence-corrected chi connectivity index (χ2v) is 8.64. The minimum Gasteiger partial charge on any atom is -0.493 e. The number of nitrogens with one attached hydrogen (secondary N) is 1. The Labute approximate surface area is 218 Å². The molecule has 0 saturated heterocycles. The van der Waals surface area contributed by atoms with Gasteiger partial charge in [-0.1, -0.05) is 30.7 Å². The van der Waals surface area contributed by atoms with E-state index in [2.05, 4.69) is 20.6 Å². The second kappa shape index (κ2) is 11.8. The molecule has 4 rings (SSSR count). The van der Waals surface area contributed by atoms with Gasteiger partial charge in [0, 0.05) is 23.6 Å². The van der Waals surface area contributed by atoms with Crippen LogP contribution in [0.1, 0.15) is 41.4 Å². The number of carbonyl (C=O) groups excluding carboxylic acids is 2. The Morgan fingerprint density at radius 1 is 1.14 bits per heavy atom. The standard InChI is InChI=1S/C26H25ClFN5O4/c1-3-17-13-24(34)33(32-25(17)18-6-10-21(36-2)22(12-18)37-15-28)14-16-4-7-19(8-5-16)29-26(35)20-9-11-23(27)31-30-20/h4-12,17H,3,13-15H2,1-2H3,(H,29,35). The van der Waals surface area contributed by atoms with Crippen LogP contribution in [0.4, 0.5) is 10.1 Å². The van der Waals surface area contributed by atoms with Crippen molar-refractivity contribution in [2.24, 2.45) is 11.0 Å². The van der Waals surface area contributed by atoms with E-state index in [0.717, 1.165) is 23.3 Å². The van der Waals surface area contributed by atoms with Crippen LogP contribution in [0.2, 0.25) is 5.15 Å². The minimum absolute atomic E-state index is 0.0797. The maximum atomic E-state index is 12.9. The number of rotatable bonds is 9. The summed E-state index contributed by atoms with van der Waals surface area (Å²) < 4.78 is 23.2. The van der Waals surface area contributed by atoms with E-state index < -0.39 is 12.8 Å². The number of amides is 2. The summed E-state index contributed by atoms with van der Waals surface area (Å²) in [7, 11) is 1.48. The van der Waals surface area contributed by atoms with Crippen LogP contribution in [0.5, 0.6) is 11.5 Å². The van der Waals surface area contributed by atoms with Gasteiger partial charge in [-0.3, -0.25) is 9.59 Å². The Bertz CT molecular complexity index is 1300. The number of hydrogen-bond acceptors (Lipinski definition) is 7. The maximum Gasteiger partial charge on any atom is 0.276 e. The molecule has 11 heteroatoms. The third kappa shape index (κ3) is 6.21. The van der Waals surface area contributed by atoms with Gasteiger partial charge in [-0.25, -0.2) is 9.40 Å². The van der Waals surface area contributed by atoms with Gasteiger partial charge in [0.1, 0.15) is 0 Å². The first kappa shape index (κ1) is 26.0. The van der Waals surface area contributed by atoms with Crippen LogP contribution >= 0.6 is 11.6 Å². The summed E-state index contributed by atoms with van der Waals surface area (Å²) in [6.45, 7) is 1.26. The molecule has 1 aliphatic rings. The number of methoxy groups -OCH3 is 1. The lowest BCUT2D eigenvalue weighted by atomic mass is 9.89. The van der Waals surface area contributed by atoms with Crippen LogP contribution in [-0.4, -0.2) is 46.7 Å². The number of anilines is 1. The van der Waals surface area contributed by atoms with E-state index in [9.17, 15) is 14.0 Å². The van der Waals surface area contributed by atoms with Crippen LogP contribution in [0.3, 0.4) is 0 Å². The van der Waals surface area contributed by atoms with E-state index >= 15 is 0 Å². The molecule has 9 nitrogen and oxygen atoms in total. The molecule has 0 fully saturated rings. The molecule has 1 atom stereocenters. The van der Waals surface area contributed by atoms with Gasteiger partial charge in [-0.2, -0.15) is 5.10 Å². The summed E-state index contributed by atoms with van der Waals surface area (Å²) in [6.07, 6.45) is 1.02. The molecular weight excluding hydrogens is 501 g/mol. The van der Waals surface area contributed by atoms with Crippen molar-refractivity contribution in [3.05, 3.63) is 76.6 Å². The third-order valence-electron chi connectivity index (χ3n) is 5.90. The summed E-state index contributed by atoms with van der Waals surface area (Å²) in [5.41, 5.74) is 2.98. The van der Waals surface area contributed by atoms with E-state index in [1.807, 2.05) is 13.0 Å². The van der Waals surface area contributed by atoms with Gasteiger partial charge in [-0.15, -0.1) is 10.2 Å². The van der Waals surface area contributed by atoms with Crippen molar-refractivity contribution in [1.82, 2.24) is 15.2 Å². The van der Waals surface area contributed by atoms with Gasteiger partial charge < -0.3 is 14.8 Å². The molecule has 3 aromatic rings. The van der Waals surface area contributed by atoms with E-state index in [-0.39, 0.29) is 35.0 Å². The molecule has 1 N–H and O–H groups in total. The number of benzene rings is 2. The molecule has 0 bridgehead atoms. The van der Waals surface area contributed by atoms with Crippen LogP contribution in [0.15, 0.2) is 59.7 Å². The zero-order chi connectivity index (χ0) is 26.4. The van der Waals surface area contributed by atoms with Crippen LogP contribution < -0.4 is 14.8 Å². The van der Waals surface area contributed by atoms with Crippen molar-refractivity contribution >= 4 is 34.8 Å². The number of hydrazone groups is 1. The highest BCUT2D eigenvalue weighted by atomic mass is 35.5. The number of hydrogen-bond donors (Lipinski definition) is 1. The molecule has 2 heterocycles. The summed E-state index contributed by atoms with van der Waals surface area (Å²) in [6, 6.07) is 15.2. The average molecular weight is 526 g/mol. The average Bonchev–Trinajstić information content (AvgIpc) is 2.91. The van der Waals surface area contributed by atoms with Crippen LogP contribution in [-0.2, 0) is 11.3 Å². The molecule has 192 valence electrons. The molecule has 1 aromatic heterocycles. The monoisotopic (exact) mass is 525 g/mol. The second-order valence-electron chi connectivity index (χ2n) is 8.26. The van der Waals surface area contributed by atoms with E-state index in [4.69, 9.17) is 21.1 Å². The summed E-state index contributed by atoms with van der Waals surface area (Å²) in [5, 5.41) is 16.5. The fourth-order valence-corrected chi connectivity index (χ4v) is 4.04. The molecule has 1 unspecified atom stereocenters. The zero-order valence-electron chi connectivity index (χ0n) is 20.3. The molecular formula is C26H25ClFN5O4. The Morgan fingerprint density at radius 2 is 1.92 bits per heavy atom. The lowest BCUT2D eigenvalue weighted by Crippen LogP contribution is -2.36. The molecule has 0 aliphatic carbocycles. The molecule has 0 spiro atoms. The number of halogens is 2. The Hall–Kier alpha value is -4.05. The van der Waals surface area contributed by atoms with Crippen molar-refractivity contribution in [3.8, 4) is 11.5 Å². The highest BCUT2D eigenvalue weighted by molar-refractivity contribution is 6.29. The van der Waals surface area contributed by atoms with Crippen LogP contribution in [0, 0.1) is 5.92 Å². The Kier molecular flexibility index (Phi) is 8.29. The van der Waals surface area contributed by atoms with E-state index in [1.165, 1.54) is 24.3 Å². The maximum absolute atomic E-state index is 12.9. The summed E-state index contributed by atoms with van der Waals surface area (Å²) in [5.74, 6) is 0.0883. The van der Waals surface area contributed by atoms with Crippen molar-refractivity contribution < 1.29 is 23.5 Å². The molecule has 1 aliphatic heterocycles.